The molecule has 1 rings (SSSR count). The van der Waals surface area contributed by atoms with Crippen molar-refractivity contribution in [2.24, 2.45) is 0 Å². The summed E-state index contributed by atoms with van der Waals surface area (Å²) in [6, 6.07) is 0.0448. The van der Waals surface area contributed by atoms with Gasteiger partial charge in [-0.05, 0) is 13.8 Å². The van der Waals surface area contributed by atoms with Gasteiger partial charge in [0.2, 0.25) is 0 Å². The summed E-state index contributed by atoms with van der Waals surface area (Å²) in [5, 5.41) is 5.50. The molecule has 78 valence electrons. The van der Waals surface area contributed by atoms with Crippen molar-refractivity contribution in [3.63, 3.8) is 0 Å². The molecule has 0 aliphatic rings. The van der Waals surface area contributed by atoms with E-state index < -0.39 is 0 Å². The third-order valence-electron chi connectivity index (χ3n) is 1.63. The Bertz CT molecular complexity index is 268. The molecule has 5 nitrogen and oxygen atoms in total. The lowest BCUT2D eigenvalue weighted by molar-refractivity contribution is 0.238. The van der Waals surface area contributed by atoms with Crippen molar-refractivity contribution in [3.05, 3.63) is 18.7 Å². The fourth-order valence-electron chi connectivity index (χ4n) is 1.03. The van der Waals surface area contributed by atoms with E-state index in [-0.39, 0.29) is 12.1 Å². The van der Waals surface area contributed by atoms with Gasteiger partial charge in [0.25, 0.3) is 0 Å². The highest BCUT2D eigenvalue weighted by molar-refractivity contribution is 5.73. The van der Waals surface area contributed by atoms with E-state index in [1.165, 1.54) is 0 Å². The molecule has 0 aromatic carbocycles. The molecule has 1 heterocycles. The number of nitrogens with one attached hydrogen (secondary N) is 2. The molecule has 0 aliphatic carbocycles. The van der Waals surface area contributed by atoms with E-state index >= 15 is 0 Å². The van der Waals surface area contributed by atoms with Crippen LogP contribution in [0.5, 0.6) is 0 Å². The molecule has 0 bridgehead atoms. The third-order valence-corrected chi connectivity index (χ3v) is 1.63. The van der Waals surface area contributed by atoms with Crippen molar-refractivity contribution < 1.29 is 4.79 Å². The van der Waals surface area contributed by atoms with Crippen molar-refractivity contribution >= 4 is 6.03 Å². The Morgan fingerprint density at radius 2 is 2.36 bits per heavy atom. The highest BCUT2D eigenvalue weighted by Crippen LogP contribution is 1.83. The lowest BCUT2D eigenvalue weighted by atomic mass is 10.4. The molecule has 0 saturated heterocycles. The summed E-state index contributed by atoms with van der Waals surface area (Å²) in [5.74, 6) is 0. The van der Waals surface area contributed by atoms with E-state index in [9.17, 15) is 4.79 Å². The van der Waals surface area contributed by atoms with Crippen LogP contribution in [0, 0.1) is 0 Å². The van der Waals surface area contributed by atoms with Crippen LogP contribution in [0.4, 0.5) is 4.79 Å². The summed E-state index contributed by atoms with van der Waals surface area (Å²) in [7, 11) is 0. The van der Waals surface area contributed by atoms with E-state index in [0.717, 1.165) is 6.54 Å². The monoisotopic (exact) mass is 196 g/mol. The number of carbonyl (C=O) groups excluding carboxylic acids is 1. The number of nitrogens with zero attached hydrogens (tertiary/aromatic N) is 2. The van der Waals surface area contributed by atoms with Crippen LogP contribution in [0.15, 0.2) is 18.7 Å². The number of aromatic nitrogens is 2. The number of hydrogen-bond donors (Lipinski definition) is 2. The third kappa shape index (κ3) is 3.93. The maximum absolute atomic E-state index is 11.1. The molecule has 2 N–H and O–H groups in total. The van der Waals surface area contributed by atoms with Crippen molar-refractivity contribution in [2.75, 3.05) is 6.54 Å². The zero-order chi connectivity index (χ0) is 10.4. The lowest BCUT2D eigenvalue weighted by Gasteiger charge is -2.09. The highest BCUT2D eigenvalue weighted by atomic mass is 16.2. The van der Waals surface area contributed by atoms with Crippen molar-refractivity contribution in [1.29, 1.82) is 0 Å². The van der Waals surface area contributed by atoms with E-state index in [1.54, 1.807) is 12.5 Å². The quantitative estimate of drug-likeness (QED) is 0.740. The SMILES string of the molecule is CC(C)NC(=O)NCCn1ccnc1. The molecular weight excluding hydrogens is 180 g/mol. The van der Waals surface area contributed by atoms with Gasteiger partial charge in [0.15, 0.2) is 0 Å². The standard InChI is InChI=1S/C9H16N4O/c1-8(2)12-9(14)11-4-6-13-5-3-10-7-13/h3,5,7-8H,4,6H2,1-2H3,(H2,11,12,14). The average molecular weight is 196 g/mol. The first-order valence-corrected chi connectivity index (χ1v) is 4.68. The van der Waals surface area contributed by atoms with Gasteiger partial charge in [-0.15, -0.1) is 0 Å². The Morgan fingerprint density at radius 3 is 2.93 bits per heavy atom. The normalized spacial score (nSPS) is 10.2. The zero-order valence-corrected chi connectivity index (χ0v) is 8.53. The van der Waals surface area contributed by atoms with Crippen LogP contribution >= 0.6 is 0 Å². The van der Waals surface area contributed by atoms with E-state index in [4.69, 9.17) is 0 Å². The summed E-state index contributed by atoms with van der Waals surface area (Å²) >= 11 is 0. The second kappa shape index (κ2) is 5.26. The number of imidazole rings is 1. The lowest BCUT2D eigenvalue weighted by Crippen LogP contribution is -2.40. The summed E-state index contributed by atoms with van der Waals surface area (Å²) in [6.07, 6.45) is 5.30. The van der Waals surface area contributed by atoms with Gasteiger partial charge in [0, 0.05) is 31.5 Å². The van der Waals surface area contributed by atoms with E-state index in [2.05, 4.69) is 15.6 Å². The van der Waals surface area contributed by atoms with Gasteiger partial charge in [-0.1, -0.05) is 0 Å². The van der Waals surface area contributed by atoms with Gasteiger partial charge in [0.1, 0.15) is 0 Å². The maximum atomic E-state index is 11.1. The van der Waals surface area contributed by atoms with Crippen LogP contribution in [0.3, 0.4) is 0 Å². The molecule has 0 saturated carbocycles. The first-order valence-electron chi connectivity index (χ1n) is 4.68. The van der Waals surface area contributed by atoms with Gasteiger partial charge in [-0.3, -0.25) is 0 Å². The number of hydrogen-bond acceptors (Lipinski definition) is 2. The minimum atomic E-state index is -0.125. The Hall–Kier alpha value is -1.52. The molecule has 0 unspecified atom stereocenters. The highest BCUT2D eigenvalue weighted by Gasteiger charge is 2.00. The minimum Gasteiger partial charge on any atom is -0.336 e. The van der Waals surface area contributed by atoms with E-state index in [0.29, 0.717) is 6.54 Å². The van der Waals surface area contributed by atoms with Gasteiger partial charge < -0.3 is 15.2 Å². The molecular formula is C9H16N4O. The van der Waals surface area contributed by atoms with Gasteiger partial charge >= 0.3 is 6.03 Å². The van der Waals surface area contributed by atoms with Crippen LogP contribution in [0.25, 0.3) is 0 Å². The number of amides is 2. The Balaban J connectivity index is 2.12. The zero-order valence-electron chi connectivity index (χ0n) is 8.53. The van der Waals surface area contributed by atoms with Crippen molar-refractivity contribution in [2.45, 2.75) is 26.4 Å². The fraction of sp³-hybridized carbons (Fsp3) is 0.556. The second-order valence-corrected chi connectivity index (χ2v) is 3.36. The maximum Gasteiger partial charge on any atom is 0.315 e. The summed E-state index contributed by atoms with van der Waals surface area (Å²) in [4.78, 5) is 15.0. The molecule has 14 heavy (non-hydrogen) atoms. The molecule has 0 atom stereocenters. The van der Waals surface area contributed by atoms with Crippen LogP contribution < -0.4 is 10.6 Å². The molecule has 2 amide bonds. The Kier molecular flexibility index (Phi) is 3.97. The predicted molar refractivity (Wildman–Crippen MR) is 53.9 cm³/mol. The Labute approximate surface area is 83.5 Å². The number of urea groups is 1. The van der Waals surface area contributed by atoms with Gasteiger partial charge in [-0.2, -0.15) is 0 Å². The molecule has 1 aromatic heterocycles. The van der Waals surface area contributed by atoms with Gasteiger partial charge in [0.05, 0.1) is 6.33 Å². The summed E-state index contributed by atoms with van der Waals surface area (Å²) in [5.41, 5.74) is 0. The number of carbonyl (C=O) groups is 1. The summed E-state index contributed by atoms with van der Waals surface area (Å²) in [6.45, 7) is 5.20. The van der Waals surface area contributed by atoms with E-state index in [1.807, 2.05) is 24.6 Å². The second-order valence-electron chi connectivity index (χ2n) is 3.36. The first kappa shape index (κ1) is 10.6. The fourth-order valence-corrected chi connectivity index (χ4v) is 1.03. The molecule has 1 aromatic rings. The molecule has 0 radical (unpaired) electrons. The molecule has 0 aliphatic heterocycles. The predicted octanol–water partition coefficient (Wildman–Crippen LogP) is 0.591. The molecule has 0 spiro atoms. The van der Waals surface area contributed by atoms with Crippen molar-refractivity contribution in [1.82, 2.24) is 20.2 Å². The molecule has 0 fully saturated rings. The van der Waals surface area contributed by atoms with Crippen LogP contribution in [-0.2, 0) is 6.54 Å². The largest absolute Gasteiger partial charge is 0.336 e. The smallest absolute Gasteiger partial charge is 0.315 e. The minimum absolute atomic E-state index is 0.125. The number of rotatable bonds is 4. The first-order chi connectivity index (χ1) is 6.68. The topological polar surface area (TPSA) is 59.0 Å². The van der Waals surface area contributed by atoms with Crippen molar-refractivity contribution in [3.8, 4) is 0 Å². The summed E-state index contributed by atoms with van der Waals surface area (Å²) < 4.78 is 1.91. The van der Waals surface area contributed by atoms with Crippen LogP contribution in [-0.4, -0.2) is 28.2 Å². The van der Waals surface area contributed by atoms with Crippen LogP contribution in [0.1, 0.15) is 13.8 Å². The average Bonchev–Trinajstić information content (AvgIpc) is 2.55. The molecule has 5 heteroatoms. The van der Waals surface area contributed by atoms with Crippen LogP contribution in [0.2, 0.25) is 0 Å². The Morgan fingerprint density at radius 1 is 1.57 bits per heavy atom. The van der Waals surface area contributed by atoms with Gasteiger partial charge in [-0.25, -0.2) is 9.78 Å².